The van der Waals surface area contributed by atoms with Crippen molar-refractivity contribution in [1.82, 2.24) is 0 Å². The van der Waals surface area contributed by atoms with E-state index < -0.39 is 18.0 Å². The second-order valence-corrected chi connectivity index (χ2v) is 5.73. The average molecular weight is 381 g/mol. The summed E-state index contributed by atoms with van der Waals surface area (Å²) in [6.45, 7) is 1.98. The minimum absolute atomic E-state index is 0.0987. The van der Waals surface area contributed by atoms with Crippen LogP contribution < -0.4 is 5.32 Å². The molecule has 23 heavy (non-hydrogen) atoms. The topological polar surface area (TPSA) is 73.9 Å². The van der Waals surface area contributed by atoms with E-state index in [4.69, 9.17) is 49.0 Å². The molecule has 0 radical (unpaired) electrons. The molecular formula is C14H12Cl3NO5. The fourth-order valence-corrected chi connectivity index (χ4v) is 2.55. The van der Waals surface area contributed by atoms with Crippen LogP contribution in [0.3, 0.4) is 0 Å². The number of amides is 1. The van der Waals surface area contributed by atoms with Crippen molar-refractivity contribution >= 4 is 52.4 Å². The molecule has 1 aromatic carbocycles. The number of halogens is 3. The van der Waals surface area contributed by atoms with E-state index >= 15 is 0 Å². The molecular weight excluding hydrogens is 369 g/mol. The first kappa shape index (κ1) is 17.7. The monoisotopic (exact) mass is 379 g/mol. The van der Waals surface area contributed by atoms with Gasteiger partial charge in [-0.25, -0.2) is 4.79 Å². The predicted octanol–water partition coefficient (Wildman–Crippen LogP) is 3.41. The zero-order chi connectivity index (χ0) is 17.0. The number of hydrogen-bond donors (Lipinski definition) is 1. The Morgan fingerprint density at radius 1 is 1.22 bits per heavy atom. The van der Waals surface area contributed by atoms with Crippen LogP contribution in [0.2, 0.25) is 15.1 Å². The number of rotatable bonds is 4. The predicted molar refractivity (Wildman–Crippen MR) is 85.6 cm³/mol. The third kappa shape index (κ3) is 4.67. The summed E-state index contributed by atoms with van der Waals surface area (Å²) in [5.74, 6) is -1.51. The van der Waals surface area contributed by atoms with Crippen molar-refractivity contribution in [2.45, 2.75) is 13.0 Å². The van der Waals surface area contributed by atoms with E-state index in [0.717, 1.165) is 6.26 Å². The summed E-state index contributed by atoms with van der Waals surface area (Å²) in [5, 5.41) is 3.15. The van der Waals surface area contributed by atoms with Gasteiger partial charge in [0.2, 0.25) is 5.76 Å². The molecule has 0 saturated carbocycles. The summed E-state index contributed by atoms with van der Waals surface area (Å²) in [4.78, 5) is 23.9. The van der Waals surface area contributed by atoms with Gasteiger partial charge in [-0.3, -0.25) is 4.79 Å². The lowest BCUT2D eigenvalue weighted by Gasteiger charge is -2.18. The van der Waals surface area contributed by atoms with Crippen molar-refractivity contribution in [1.29, 1.82) is 0 Å². The van der Waals surface area contributed by atoms with Crippen LogP contribution in [0.1, 0.15) is 6.92 Å². The SMILES string of the molecule is C[C@H](OC(=O)C1=COCCO1)C(=O)Nc1c(Cl)cc(Cl)cc1Cl. The first-order valence-electron chi connectivity index (χ1n) is 6.49. The third-order valence-electron chi connectivity index (χ3n) is 2.76. The smallest absolute Gasteiger partial charge is 0.377 e. The van der Waals surface area contributed by atoms with Crippen molar-refractivity contribution < 1.29 is 23.8 Å². The summed E-state index contributed by atoms with van der Waals surface area (Å²) >= 11 is 17.7. The van der Waals surface area contributed by atoms with E-state index in [-0.39, 0.29) is 28.1 Å². The second-order valence-electron chi connectivity index (χ2n) is 4.48. The molecule has 1 N–H and O–H groups in total. The fourth-order valence-electron chi connectivity index (χ4n) is 1.63. The molecule has 1 amide bonds. The van der Waals surface area contributed by atoms with Crippen molar-refractivity contribution in [3.8, 4) is 0 Å². The Bertz CT molecular complexity index is 639. The number of ether oxygens (including phenoxy) is 3. The van der Waals surface area contributed by atoms with Gasteiger partial charge in [-0.05, 0) is 19.1 Å². The molecule has 124 valence electrons. The van der Waals surface area contributed by atoms with E-state index in [1.165, 1.54) is 19.1 Å². The quantitative estimate of drug-likeness (QED) is 0.810. The maximum absolute atomic E-state index is 12.1. The molecule has 1 aromatic rings. The largest absolute Gasteiger partial charge is 0.493 e. The van der Waals surface area contributed by atoms with Gasteiger partial charge in [-0.1, -0.05) is 34.8 Å². The zero-order valence-corrected chi connectivity index (χ0v) is 14.2. The standard InChI is InChI=1S/C14H12Cl3NO5/c1-7(23-14(20)11-6-21-2-3-22-11)13(19)18-12-9(16)4-8(15)5-10(12)17/h4-7H,2-3H2,1H3,(H,18,19)/t7-/m0/s1. The number of esters is 1. The van der Waals surface area contributed by atoms with Gasteiger partial charge in [0.1, 0.15) is 19.5 Å². The highest BCUT2D eigenvalue weighted by atomic mass is 35.5. The van der Waals surface area contributed by atoms with Gasteiger partial charge in [0.25, 0.3) is 5.91 Å². The highest BCUT2D eigenvalue weighted by Gasteiger charge is 2.24. The first-order valence-corrected chi connectivity index (χ1v) is 7.63. The third-order valence-corrected chi connectivity index (χ3v) is 3.57. The van der Waals surface area contributed by atoms with Crippen molar-refractivity contribution in [2.24, 2.45) is 0 Å². The molecule has 1 aliphatic rings. The van der Waals surface area contributed by atoms with Crippen LogP contribution in [0.15, 0.2) is 24.2 Å². The molecule has 0 saturated heterocycles. The molecule has 0 spiro atoms. The molecule has 2 rings (SSSR count). The lowest BCUT2D eigenvalue weighted by molar-refractivity contribution is -0.153. The Labute approximate surface area is 147 Å². The number of benzene rings is 1. The van der Waals surface area contributed by atoms with Gasteiger partial charge < -0.3 is 19.5 Å². The van der Waals surface area contributed by atoms with Crippen molar-refractivity contribution in [2.75, 3.05) is 18.5 Å². The van der Waals surface area contributed by atoms with Gasteiger partial charge in [-0.2, -0.15) is 0 Å². The lowest BCUT2D eigenvalue weighted by atomic mass is 10.3. The van der Waals surface area contributed by atoms with Gasteiger partial charge in [-0.15, -0.1) is 0 Å². The molecule has 9 heteroatoms. The summed E-state index contributed by atoms with van der Waals surface area (Å²) < 4.78 is 15.0. The minimum Gasteiger partial charge on any atom is -0.493 e. The summed E-state index contributed by atoms with van der Waals surface area (Å²) in [6.07, 6.45) is 0.0420. The van der Waals surface area contributed by atoms with Gasteiger partial charge in [0, 0.05) is 5.02 Å². The Balaban J connectivity index is 2.00. The summed E-state index contributed by atoms with van der Waals surface area (Å²) in [6, 6.07) is 2.86. The number of anilines is 1. The molecule has 1 atom stereocenters. The molecule has 0 bridgehead atoms. The zero-order valence-electron chi connectivity index (χ0n) is 11.9. The highest BCUT2D eigenvalue weighted by molar-refractivity contribution is 6.42. The number of hydrogen-bond acceptors (Lipinski definition) is 5. The average Bonchev–Trinajstić information content (AvgIpc) is 2.51. The van der Waals surface area contributed by atoms with Crippen LogP contribution in [0.4, 0.5) is 5.69 Å². The summed E-state index contributed by atoms with van der Waals surface area (Å²) in [7, 11) is 0. The second kappa shape index (κ2) is 7.77. The molecule has 0 aliphatic carbocycles. The van der Waals surface area contributed by atoms with E-state index in [1.54, 1.807) is 0 Å². The van der Waals surface area contributed by atoms with Crippen LogP contribution in [0, 0.1) is 0 Å². The molecule has 0 aromatic heterocycles. The number of carbonyl (C=O) groups is 2. The first-order chi connectivity index (χ1) is 10.9. The molecule has 6 nitrogen and oxygen atoms in total. The fraction of sp³-hybridized carbons (Fsp3) is 0.286. The highest BCUT2D eigenvalue weighted by Crippen LogP contribution is 2.33. The molecule has 1 heterocycles. The number of carbonyl (C=O) groups excluding carboxylic acids is 2. The van der Waals surface area contributed by atoms with E-state index in [9.17, 15) is 9.59 Å². The van der Waals surface area contributed by atoms with Gasteiger partial charge in [0.05, 0.1) is 15.7 Å². The van der Waals surface area contributed by atoms with Crippen molar-refractivity contribution in [3.05, 3.63) is 39.2 Å². The Morgan fingerprint density at radius 2 is 1.87 bits per heavy atom. The van der Waals surface area contributed by atoms with Gasteiger partial charge in [0.15, 0.2) is 6.10 Å². The van der Waals surface area contributed by atoms with Crippen LogP contribution in [-0.2, 0) is 23.8 Å². The van der Waals surface area contributed by atoms with Crippen molar-refractivity contribution in [3.63, 3.8) is 0 Å². The van der Waals surface area contributed by atoms with E-state index in [1.807, 2.05) is 0 Å². The van der Waals surface area contributed by atoms with Crippen LogP contribution in [-0.4, -0.2) is 31.2 Å². The minimum atomic E-state index is -1.10. The maximum Gasteiger partial charge on any atom is 0.377 e. The van der Waals surface area contributed by atoms with Crippen LogP contribution in [0.5, 0.6) is 0 Å². The number of nitrogens with one attached hydrogen (secondary N) is 1. The van der Waals surface area contributed by atoms with E-state index in [2.05, 4.69) is 5.32 Å². The van der Waals surface area contributed by atoms with Crippen LogP contribution in [0.25, 0.3) is 0 Å². The van der Waals surface area contributed by atoms with E-state index in [0.29, 0.717) is 11.6 Å². The molecule has 0 fully saturated rings. The molecule has 1 aliphatic heterocycles. The Hall–Kier alpha value is -1.63. The lowest BCUT2D eigenvalue weighted by Crippen LogP contribution is -2.31. The summed E-state index contributed by atoms with van der Waals surface area (Å²) in [5.41, 5.74) is 0.182. The molecule has 0 unspecified atom stereocenters. The van der Waals surface area contributed by atoms with Crippen LogP contribution >= 0.6 is 34.8 Å². The Morgan fingerprint density at radius 3 is 2.43 bits per heavy atom. The maximum atomic E-state index is 12.1. The normalized spacial score (nSPS) is 14.9. The Kier molecular flexibility index (Phi) is 5.98. The van der Waals surface area contributed by atoms with Gasteiger partial charge >= 0.3 is 5.97 Å².